The number of hydrogen-bond acceptors (Lipinski definition) is 5. The normalized spacial score (nSPS) is 25.1. The maximum Gasteiger partial charge on any atom is 0.287 e. The molecule has 3 aromatic rings. The zero-order valence-electron chi connectivity index (χ0n) is 18.1. The van der Waals surface area contributed by atoms with Gasteiger partial charge in [0.2, 0.25) is 0 Å². The van der Waals surface area contributed by atoms with Crippen LogP contribution in [0.25, 0.3) is 0 Å². The van der Waals surface area contributed by atoms with Crippen molar-refractivity contribution in [2.75, 3.05) is 7.05 Å². The number of tetrazole rings is 1. The Hall–Kier alpha value is -3.34. The topological polar surface area (TPSA) is 92.9 Å². The van der Waals surface area contributed by atoms with Crippen LogP contribution in [0.5, 0.6) is 0 Å². The zero-order valence-corrected chi connectivity index (χ0v) is 18.1. The molecule has 0 radical (unpaired) electrons. The van der Waals surface area contributed by atoms with Crippen molar-refractivity contribution in [1.82, 2.24) is 25.5 Å². The van der Waals surface area contributed by atoms with Crippen molar-refractivity contribution in [1.29, 1.82) is 0 Å². The van der Waals surface area contributed by atoms with Crippen LogP contribution in [0.15, 0.2) is 48.8 Å². The highest BCUT2D eigenvalue weighted by atomic mass is 19.3. The Kier molecular flexibility index (Phi) is 4.84. The Morgan fingerprint density at radius 1 is 1.15 bits per heavy atom. The minimum Gasteiger partial charge on any atom is -0.377 e. The third-order valence-electron chi connectivity index (χ3n) is 7.36. The van der Waals surface area contributed by atoms with Crippen LogP contribution < -0.4 is 5.32 Å². The number of nitrogens with zero attached hydrogens (tertiary/aromatic N) is 4. The fourth-order valence-electron chi connectivity index (χ4n) is 5.65. The van der Waals surface area contributed by atoms with Gasteiger partial charge >= 0.3 is 0 Å². The summed E-state index contributed by atoms with van der Waals surface area (Å²) in [6.45, 7) is -0.814. The molecule has 1 atom stereocenters. The lowest BCUT2D eigenvalue weighted by Gasteiger charge is -2.74. The first-order valence-corrected chi connectivity index (χ1v) is 10.7. The number of aliphatic hydroxyl groups is 1. The maximum absolute atomic E-state index is 16.2. The molecule has 2 N–H and O–H groups in total. The second kappa shape index (κ2) is 7.33. The number of carbonyl (C=O) groups is 1. The zero-order chi connectivity index (χ0) is 24.4. The van der Waals surface area contributed by atoms with Crippen LogP contribution in [0.1, 0.15) is 40.7 Å². The molecule has 0 spiro atoms. The number of rotatable bonds is 7. The molecule has 6 rings (SSSR count). The smallest absolute Gasteiger partial charge is 0.287 e. The number of aromatic nitrogens is 4. The highest BCUT2D eigenvalue weighted by Gasteiger charge is 2.82. The molecule has 3 fully saturated rings. The van der Waals surface area contributed by atoms with E-state index in [2.05, 4.69) is 20.8 Å². The van der Waals surface area contributed by atoms with Gasteiger partial charge in [-0.15, -0.1) is 5.10 Å². The van der Waals surface area contributed by atoms with Crippen LogP contribution in [-0.4, -0.2) is 44.2 Å². The summed E-state index contributed by atoms with van der Waals surface area (Å²) in [5.41, 5.74) is -4.52. The summed E-state index contributed by atoms with van der Waals surface area (Å²) < 4.78 is 61.4. The highest BCUT2D eigenvalue weighted by Crippen LogP contribution is 2.80. The Morgan fingerprint density at radius 2 is 1.82 bits per heavy atom. The second-order valence-electron chi connectivity index (χ2n) is 9.31. The number of nitrogens with one attached hydrogen (secondary N) is 1. The average Bonchev–Trinajstić information content (AvgIpc) is 3.24. The monoisotopic (exact) mass is 475 g/mol. The summed E-state index contributed by atoms with van der Waals surface area (Å²) in [6, 6.07) is 8.91. The predicted octanol–water partition coefficient (Wildman–Crippen LogP) is 2.96. The molecule has 1 aromatic heterocycles. The third kappa shape index (κ3) is 2.99. The van der Waals surface area contributed by atoms with E-state index in [4.69, 9.17) is 0 Å². The van der Waals surface area contributed by atoms with Crippen molar-refractivity contribution in [2.45, 2.75) is 42.7 Å². The van der Waals surface area contributed by atoms with E-state index in [1.807, 2.05) is 0 Å². The molecular weight excluding hydrogens is 454 g/mol. The van der Waals surface area contributed by atoms with Crippen molar-refractivity contribution >= 4 is 5.91 Å². The van der Waals surface area contributed by atoms with Gasteiger partial charge < -0.3 is 10.4 Å². The Labute approximate surface area is 191 Å². The van der Waals surface area contributed by atoms with Crippen LogP contribution >= 0.6 is 0 Å². The van der Waals surface area contributed by atoms with Crippen LogP contribution in [0.4, 0.5) is 17.6 Å². The van der Waals surface area contributed by atoms with E-state index in [0.29, 0.717) is 11.6 Å². The first-order chi connectivity index (χ1) is 16.1. The van der Waals surface area contributed by atoms with Gasteiger partial charge in [0, 0.05) is 29.7 Å². The molecule has 0 saturated heterocycles. The van der Waals surface area contributed by atoms with E-state index < -0.39 is 46.1 Å². The van der Waals surface area contributed by atoms with Gasteiger partial charge in [-0.1, -0.05) is 12.1 Å². The van der Waals surface area contributed by atoms with Crippen molar-refractivity contribution in [3.05, 3.63) is 77.1 Å². The van der Waals surface area contributed by atoms with Gasteiger partial charge in [-0.05, 0) is 64.9 Å². The van der Waals surface area contributed by atoms with Gasteiger partial charge in [0.1, 0.15) is 18.0 Å². The first-order valence-electron chi connectivity index (χ1n) is 10.7. The molecule has 11 heteroatoms. The number of amides is 1. The molecule has 7 nitrogen and oxygen atoms in total. The minimum absolute atomic E-state index is 0.0764. The summed E-state index contributed by atoms with van der Waals surface area (Å²) in [6.07, 6.45) is 1.27. The molecule has 3 aliphatic rings. The minimum atomic E-state index is -3.78. The molecule has 0 aliphatic heterocycles. The van der Waals surface area contributed by atoms with E-state index in [9.17, 15) is 18.7 Å². The fourth-order valence-corrected chi connectivity index (χ4v) is 5.65. The van der Waals surface area contributed by atoms with Gasteiger partial charge in [0.05, 0.1) is 6.54 Å². The average molecular weight is 475 g/mol. The largest absolute Gasteiger partial charge is 0.377 e. The standard InChI is InChI=1S/C23H21F4N5O2/c1-28-19(33)14-2-4-15(5-3-14)20-9-21(10-20,11-20)23(26,27)22(34,12-32-13-29-30-31-32)17-7-6-16(24)8-18(17)25/h2-8,13,34H,9-12H2,1H3,(H,28,33)/t20?,21?,22-/m0/s1. The number of halogens is 4. The van der Waals surface area contributed by atoms with Crippen molar-refractivity contribution in [3.63, 3.8) is 0 Å². The molecule has 1 amide bonds. The van der Waals surface area contributed by atoms with E-state index in [1.54, 1.807) is 24.3 Å². The van der Waals surface area contributed by atoms with E-state index in [1.165, 1.54) is 7.05 Å². The van der Waals surface area contributed by atoms with Gasteiger partial charge in [0.25, 0.3) is 11.8 Å². The molecule has 178 valence electrons. The van der Waals surface area contributed by atoms with Crippen LogP contribution in [0, 0.1) is 17.0 Å². The van der Waals surface area contributed by atoms with Crippen molar-refractivity contribution in [2.24, 2.45) is 5.41 Å². The molecule has 1 heterocycles. The highest BCUT2D eigenvalue weighted by molar-refractivity contribution is 5.94. The third-order valence-corrected chi connectivity index (χ3v) is 7.36. The molecule has 34 heavy (non-hydrogen) atoms. The summed E-state index contributed by atoms with van der Waals surface area (Å²) in [7, 11) is 1.52. The number of benzene rings is 2. The molecule has 2 bridgehead atoms. The van der Waals surface area contributed by atoms with Gasteiger partial charge in [-0.25, -0.2) is 22.2 Å². The molecule has 0 unspecified atom stereocenters. The molecule has 2 aromatic carbocycles. The number of carbonyl (C=O) groups excluding carboxylic acids is 1. The van der Waals surface area contributed by atoms with Crippen LogP contribution in [-0.2, 0) is 17.6 Å². The Morgan fingerprint density at radius 3 is 2.38 bits per heavy atom. The predicted molar refractivity (Wildman–Crippen MR) is 111 cm³/mol. The van der Waals surface area contributed by atoms with Gasteiger partial charge in [0.15, 0.2) is 5.60 Å². The summed E-state index contributed by atoms with van der Waals surface area (Å²) in [5, 5.41) is 24.3. The van der Waals surface area contributed by atoms with E-state index >= 15 is 8.78 Å². The van der Waals surface area contributed by atoms with Crippen LogP contribution in [0.2, 0.25) is 0 Å². The lowest BCUT2D eigenvalue weighted by Crippen LogP contribution is -2.76. The van der Waals surface area contributed by atoms with E-state index in [0.717, 1.165) is 28.7 Å². The molecule has 3 aliphatic carbocycles. The quantitative estimate of drug-likeness (QED) is 0.513. The lowest BCUT2D eigenvalue weighted by atomic mass is 9.30. The van der Waals surface area contributed by atoms with E-state index in [-0.39, 0.29) is 25.2 Å². The van der Waals surface area contributed by atoms with Crippen LogP contribution in [0.3, 0.4) is 0 Å². The van der Waals surface area contributed by atoms with Gasteiger partial charge in [-0.2, -0.15) is 0 Å². The summed E-state index contributed by atoms with van der Waals surface area (Å²) in [5.74, 6) is -6.25. The number of alkyl halides is 2. The molecular formula is C23H21F4N5O2. The van der Waals surface area contributed by atoms with Crippen molar-refractivity contribution in [3.8, 4) is 0 Å². The summed E-state index contributed by atoms with van der Waals surface area (Å²) in [4.78, 5) is 11.8. The van der Waals surface area contributed by atoms with Crippen molar-refractivity contribution < 1.29 is 27.5 Å². The Balaban J connectivity index is 1.46. The second-order valence-corrected chi connectivity index (χ2v) is 9.31. The Bertz CT molecular complexity index is 1230. The van der Waals surface area contributed by atoms with Gasteiger partial charge in [-0.3, -0.25) is 4.79 Å². The lowest BCUT2D eigenvalue weighted by molar-refractivity contribution is -0.347. The number of hydrogen-bond donors (Lipinski definition) is 2. The first kappa shape index (κ1) is 22.5. The summed E-state index contributed by atoms with van der Waals surface area (Å²) >= 11 is 0. The maximum atomic E-state index is 16.2. The fraction of sp³-hybridized carbons (Fsp3) is 0.391. The molecule has 3 saturated carbocycles. The SMILES string of the molecule is CNC(=O)c1ccc(C23CC(C(F)(F)[C@](O)(Cn4cnnn4)c4ccc(F)cc4F)(C2)C3)cc1.